The molecular weight excluding hydrogens is 432 g/mol. The summed E-state index contributed by atoms with van der Waals surface area (Å²) in [6, 6.07) is 16.9. The predicted octanol–water partition coefficient (Wildman–Crippen LogP) is 4.75. The number of aromatic nitrogens is 2. The van der Waals surface area contributed by atoms with Crippen molar-refractivity contribution in [2.75, 3.05) is 14.2 Å². The van der Waals surface area contributed by atoms with Gasteiger partial charge in [-0.25, -0.2) is 4.98 Å². The Morgan fingerprint density at radius 2 is 1.47 bits per heavy atom. The highest BCUT2D eigenvalue weighted by Crippen LogP contribution is 2.38. The molecule has 0 aliphatic heterocycles. The standard InChI is InChI=1S/C27H26N2O5/c1-5-22-25-23(28-17-29(2)27(25)30)14-24(33-15-18-6-10-20(31-3)11-7-18)26(22)34-16-19-8-12-21(32-4)13-9-19/h5-14,17H,1,15-16H2,2-4H3. The highest BCUT2D eigenvalue weighted by Gasteiger charge is 2.18. The van der Waals surface area contributed by atoms with Crippen LogP contribution in [0.1, 0.15) is 16.7 Å². The van der Waals surface area contributed by atoms with Crippen molar-refractivity contribution in [3.8, 4) is 23.0 Å². The molecule has 7 nitrogen and oxygen atoms in total. The molecule has 7 heteroatoms. The summed E-state index contributed by atoms with van der Waals surface area (Å²) < 4.78 is 24.2. The van der Waals surface area contributed by atoms with E-state index in [4.69, 9.17) is 18.9 Å². The maximum absolute atomic E-state index is 12.9. The summed E-state index contributed by atoms with van der Waals surface area (Å²) in [7, 11) is 4.91. The van der Waals surface area contributed by atoms with Crippen LogP contribution in [-0.2, 0) is 20.3 Å². The first-order valence-corrected chi connectivity index (χ1v) is 10.7. The average molecular weight is 459 g/mol. The second kappa shape index (κ2) is 10.1. The van der Waals surface area contributed by atoms with E-state index in [1.807, 2.05) is 48.5 Å². The third kappa shape index (κ3) is 4.73. The normalized spacial score (nSPS) is 10.7. The van der Waals surface area contributed by atoms with E-state index in [-0.39, 0.29) is 12.2 Å². The molecule has 0 spiro atoms. The molecule has 0 atom stereocenters. The summed E-state index contributed by atoms with van der Waals surface area (Å²) in [5.41, 5.74) is 2.77. The monoisotopic (exact) mass is 458 g/mol. The van der Waals surface area contributed by atoms with E-state index < -0.39 is 0 Å². The van der Waals surface area contributed by atoms with Gasteiger partial charge in [-0.1, -0.05) is 36.9 Å². The number of hydrogen-bond acceptors (Lipinski definition) is 6. The number of rotatable bonds is 9. The highest BCUT2D eigenvalue weighted by molar-refractivity contribution is 5.92. The van der Waals surface area contributed by atoms with Gasteiger partial charge >= 0.3 is 0 Å². The lowest BCUT2D eigenvalue weighted by atomic mass is 10.1. The Balaban J connectivity index is 1.72. The molecule has 0 saturated carbocycles. The van der Waals surface area contributed by atoms with Crippen LogP contribution in [0.3, 0.4) is 0 Å². The van der Waals surface area contributed by atoms with Crippen LogP contribution in [-0.4, -0.2) is 23.8 Å². The van der Waals surface area contributed by atoms with E-state index in [0.717, 1.165) is 22.6 Å². The maximum atomic E-state index is 12.9. The molecule has 0 fully saturated rings. The minimum Gasteiger partial charge on any atom is -0.497 e. The van der Waals surface area contributed by atoms with Gasteiger partial charge in [-0.3, -0.25) is 4.79 Å². The van der Waals surface area contributed by atoms with E-state index in [1.165, 1.54) is 10.9 Å². The number of fused-ring (bicyclic) bond motifs is 1. The highest BCUT2D eigenvalue weighted by atomic mass is 16.5. The number of aryl methyl sites for hydroxylation is 1. The van der Waals surface area contributed by atoms with Gasteiger partial charge in [0.2, 0.25) is 0 Å². The Morgan fingerprint density at radius 3 is 2.00 bits per heavy atom. The smallest absolute Gasteiger partial charge is 0.261 e. The molecule has 0 radical (unpaired) electrons. The van der Waals surface area contributed by atoms with Gasteiger partial charge in [-0.05, 0) is 35.4 Å². The van der Waals surface area contributed by atoms with Crippen molar-refractivity contribution in [3.05, 3.63) is 94.5 Å². The first-order chi connectivity index (χ1) is 16.5. The fourth-order valence-corrected chi connectivity index (χ4v) is 3.56. The van der Waals surface area contributed by atoms with E-state index in [0.29, 0.717) is 34.6 Å². The minimum atomic E-state index is -0.184. The predicted molar refractivity (Wildman–Crippen MR) is 132 cm³/mol. The Kier molecular flexibility index (Phi) is 6.82. The molecule has 3 aromatic carbocycles. The van der Waals surface area contributed by atoms with Crippen LogP contribution >= 0.6 is 0 Å². The Bertz CT molecular complexity index is 1360. The van der Waals surface area contributed by atoms with Gasteiger partial charge in [0.15, 0.2) is 11.5 Å². The molecule has 4 aromatic rings. The molecule has 0 N–H and O–H groups in total. The van der Waals surface area contributed by atoms with Crippen molar-refractivity contribution in [1.82, 2.24) is 9.55 Å². The first-order valence-electron chi connectivity index (χ1n) is 10.7. The van der Waals surface area contributed by atoms with Crippen molar-refractivity contribution in [3.63, 3.8) is 0 Å². The van der Waals surface area contributed by atoms with Gasteiger partial charge in [-0.2, -0.15) is 0 Å². The summed E-state index contributed by atoms with van der Waals surface area (Å²) in [6.07, 6.45) is 3.09. The van der Waals surface area contributed by atoms with Gasteiger partial charge < -0.3 is 23.5 Å². The Hall–Kier alpha value is -4.26. The molecule has 1 heterocycles. The third-order valence-electron chi connectivity index (χ3n) is 5.47. The second-order valence-electron chi connectivity index (χ2n) is 7.65. The quantitative estimate of drug-likeness (QED) is 0.360. The van der Waals surface area contributed by atoms with E-state index >= 15 is 0 Å². The van der Waals surface area contributed by atoms with E-state index in [9.17, 15) is 4.79 Å². The largest absolute Gasteiger partial charge is 0.497 e. The molecule has 0 unspecified atom stereocenters. The van der Waals surface area contributed by atoms with Gasteiger partial charge in [0.25, 0.3) is 5.56 Å². The van der Waals surface area contributed by atoms with Crippen molar-refractivity contribution >= 4 is 17.0 Å². The van der Waals surface area contributed by atoms with Gasteiger partial charge in [-0.15, -0.1) is 0 Å². The average Bonchev–Trinajstić information content (AvgIpc) is 2.88. The van der Waals surface area contributed by atoms with Crippen LogP contribution in [0.25, 0.3) is 17.0 Å². The summed E-state index contributed by atoms with van der Waals surface area (Å²) >= 11 is 0. The number of ether oxygens (including phenoxy) is 4. The summed E-state index contributed by atoms with van der Waals surface area (Å²) in [5, 5.41) is 0.432. The lowest BCUT2D eigenvalue weighted by molar-refractivity contribution is 0.256. The zero-order valence-electron chi connectivity index (χ0n) is 19.4. The fourth-order valence-electron chi connectivity index (χ4n) is 3.56. The van der Waals surface area contributed by atoms with Gasteiger partial charge in [0.05, 0.1) is 31.4 Å². The number of benzene rings is 3. The second-order valence-corrected chi connectivity index (χ2v) is 7.65. The summed E-state index contributed by atoms with van der Waals surface area (Å²) in [6.45, 7) is 4.50. The fraction of sp³-hybridized carbons (Fsp3) is 0.185. The minimum absolute atomic E-state index is 0.184. The Labute approximate surface area is 197 Å². The molecule has 0 aliphatic carbocycles. The number of nitrogens with zero attached hydrogens (tertiary/aromatic N) is 2. The van der Waals surface area contributed by atoms with Gasteiger partial charge in [0, 0.05) is 18.7 Å². The SMILES string of the molecule is C=Cc1c(OCc2ccc(OC)cc2)c(OCc2ccc(OC)cc2)cc2ncn(C)c(=O)c12. The molecule has 4 rings (SSSR count). The molecule has 0 saturated heterocycles. The van der Waals surface area contributed by atoms with Crippen molar-refractivity contribution in [1.29, 1.82) is 0 Å². The molecular formula is C27H26N2O5. The summed E-state index contributed by atoms with van der Waals surface area (Å²) in [5.74, 6) is 2.45. The lowest BCUT2D eigenvalue weighted by Gasteiger charge is -2.17. The zero-order chi connectivity index (χ0) is 24.1. The zero-order valence-corrected chi connectivity index (χ0v) is 19.4. The Morgan fingerprint density at radius 1 is 0.912 bits per heavy atom. The van der Waals surface area contributed by atoms with Crippen LogP contribution in [0.4, 0.5) is 0 Å². The van der Waals surface area contributed by atoms with Crippen LogP contribution in [0.2, 0.25) is 0 Å². The first kappa shape index (κ1) is 22.9. The maximum Gasteiger partial charge on any atom is 0.261 e. The van der Waals surface area contributed by atoms with E-state index in [2.05, 4.69) is 11.6 Å². The number of methoxy groups -OCH3 is 2. The van der Waals surface area contributed by atoms with Gasteiger partial charge in [0.1, 0.15) is 24.7 Å². The lowest BCUT2D eigenvalue weighted by Crippen LogP contribution is -2.18. The molecule has 1 aromatic heterocycles. The molecule has 0 aliphatic rings. The van der Waals surface area contributed by atoms with Crippen molar-refractivity contribution in [2.45, 2.75) is 13.2 Å². The number of hydrogen-bond donors (Lipinski definition) is 0. The van der Waals surface area contributed by atoms with E-state index in [1.54, 1.807) is 33.4 Å². The van der Waals surface area contributed by atoms with Crippen LogP contribution in [0.15, 0.2) is 72.3 Å². The molecule has 34 heavy (non-hydrogen) atoms. The topological polar surface area (TPSA) is 71.8 Å². The molecule has 174 valence electrons. The molecule has 0 amide bonds. The summed E-state index contributed by atoms with van der Waals surface area (Å²) in [4.78, 5) is 17.3. The van der Waals surface area contributed by atoms with Crippen LogP contribution < -0.4 is 24.5 Å². The van der Waals surface area contributed by atoms with Crippen LogP contribution in [0, 0.1) is 0 Å². The third-order valence-corrected chi connectivity index (χ3v) is 5.47. The van der Waals surface area contributed by atoms with Crippen molar-refractivity contribution < 1.29 is 18.9 Å². The van der Waals surface area contributed by atoms with Crippen LogP contribution in [0.5, 0.6) is 23.0 Å². The van der Waals surface area contributed by atoms with Crippen molar-refractivity contribution in [2.24, 2.45) is 7.05 Å². The molecule has 0 bridgehead atoms.